The topological polar surface area (TPSA) is 58.9 Å². The van der Waals surface area contributed by atoms with Gasteiger partial charge in [-0.2, -0.15) is 0 Å². The van der Waals surface area contributed by atoms with Gasteiger partial charge < -0.3 is 4.98 Å². The van der Waals surface area contributed by atoms with Crippen molar-refractivity contribution < 1.29 is 9.31 Å². The van der Waals surface area contributed by atoms with E-state index in [1.54, 1.807) is 12.1 Å². The van der Waals surface area contributed by atoms with Gasteiger partial charge in [0.15, 0.2) is 0 Å². The Bertz CT molecular complexity index is 747. The second-order valence-electron chi connectivity index (χ2n) is 4.93. The van der Waals surface area contributed by atoms with Gasteiger partial charge in [-0.1, -0.05) is 30.3 Å². The third kappa shape index (κ3) is 2.76. The molecule has 3 rings (SSSR count). The number of nitrogens with zero attached hydrogens (tertiary/aromatic N) is 1. The van der Waals surface area contributed by atoms with Crippen LogP contribution in [0.15, 0.2) is 54.6 Å². The van der Waals surface area contributed by atoms with Gasteiger partial charge in [0.2, 0.25) is 6.54 Å². The molecule has 0 aliphatic rings. The Morgan fingerprint density at radius 2 is 1.86 bits per heavy atom. The lowest BCUT2D eigenvalue weighted by Crippen LogP contribution is -2.14. The molecule has 0 aliphatic heterocycles. The SMILES string of the molecule is O=[N+]([O-])C[C@H](c1ccc(F)cc1)c1cc2ccccc2[nH]1. The average Bonchev–Trinajstić information content (AvgIpc) is 2.89. The zero-order valence-corrected chi connectivity index (χ0v) is 11.1. The summed E-state index contributed by atoms with van der Waals surface area (Å²) in [5.74, 6) is -0.775. The molecule has 1 heterocycles. The van der Waals surface area contributed by atoms with E-state index in [4.69, 9.17) is 0 Å². The number of fused-ring (bicyclic) bond motifs is 1. The average molecular weight is 284 g/mol. The van der Waals surface area contributed by atoms with Crippen LogP contribution >= 0.6 is 0 Å². The van der Waals surface area contributed by atoms with E-state index in [-0.39, 0.29) is 17.3 Å². The van der Waals surface area contributed by atoms with Crippen LogP contribution in [0.25, 0.3) is 10.9 Å². The Morgan fingerprint density at radius 3 is 2.52 bits per heavy atom. The first-order chi connectivity index (χ1) is 10.1. The summed E-state index contributed by atoms with van der Waals surface area (Å²) in [4.78, 5) is 13.8. The van der Waals surface area contributed by atoms with Gasteiger partial charge in [0.05, 0.1) is 5.92 Å². The molecular formula is C16H13FN2O2. The smallest absolute Gasteiger partial charge is 0.216 e. The van der Waals surface area contributed by atoms with E-state index in [2.05, 4.69) is 4.98 Å². The summed E-state index contributed by atoms with van der Waals surface area (Å²) in [6, 6.07) is 15.4. The number of nitro groups is 1. The predicted molar refractivity (Wildman–Crippen MR) is 78.4 cm³/mol. The van der Waals surface area contributed by atoms with Crippen molar-refractivity contribution in [1.29, 1.82) is 0 Å². The highest BCUT2D eigenvalue weighted by atomic mass is 19.1. The van der Waals surface area contributed by atoms with Gasteiger partial charge >= 0.3 is 0 Å². The molecule has 4 nitrogen and oxygen atoms in total. The van der Waals surface area contributed by atoms with E-state index in [1.807, 2.05) is 30.3 Å². The van der Waals surface area contributed by atoms with Gasteiger partial charge in [-0.15, -0.1) is 0 Å². The maximum atomic E-state index is 13.0. The summed E-state index contributed by atoms with van der Waals surface area (Å²) in [7, 11) is 0. The van der Waals surface area contributed by atoms with Crippen LogP contribution in [0.3, 0.4) is 0 Å². The number of aromatic nitrogens is 1. The van der Waals surface area contributed by atoms with E-state index >= 15 is 0 Å². The van der Waals surface area contributed by atoms with Crippen LogP contribution in [-0.2, 0) is 0 Å². The Kier molecular flexibility index (Phi) is 3.39. The van der Waals surface area contributed by atoms with Crippen LogP contribution in [0.2, 0.25) is 0 Å². The van der Waals surface area contributed by atoms with Gasteiger partial charge in [0.1, 0.15) is 5.82 Å². The van der Waals surface area contributed by atoms with E-state index in [9.17, 15) is 14.5 Å². The number of H-pyrrole nitrogens is 1. The number of aromatic amines is 1. The number of halogens is 1. The molecule has 0 saturated heterocycles. The largest absolute Gasteiger partial charge is 0.358 e. The first kappa shape index (κ1) is 13.3. The highest BCUT2D eigenvalue weighted by Crippen LogP contribution is 2.27. The molecular weight excluding hydrogens is 271 g/mol. The van der Waals surface area contributed by atoms with E-state index in [0.29, 0.717) is 0 Å². The standard InChI is InChI=1S/C16H13FN2O2/c17-13-7-5-11(6-8-13)14(10-19(20)21)16-9-12-3-1-2-4-15(12)18-16/h1-9,14,18H,10H2/t14-/m1/s1. The van der Waals surface area contributed by atoms with Crippen LogP contribution in [0.4, 0.5) is 4.39 Å². The van der Waals surface area contributed by atoms with Crippen molar-refractivity contribution in [1.82, 2.24) is 4.98 Å². The monoisotopic (exact) mass is 284 g/mol. The van der Waals surface area contributed by atoms with Crippen LogP contribution in [0, 0.1) is 15.9 Å². The van der Waals surface area contributed by atoms with Gasteiger partial charge in [-0.3, -0.25) is 10.1 Å². The molecule has 1 N–H and O–H groups in total. The minimum Gasteiger partial charge on any atom is -0.358 e. The van der Waals surface area contributed by atoms with Gasteiger partial charge in [0.25, 0.3) is 0 Å². The molecule has 0 amide bonds. The Hall–Kier alpha value is -2.69. The number of hydrogen-bond acceptors (Lipinski definition) is 2. The lowest BCUT2D eigenvalue weighted by atomic mass is 9.96. The lowest BCUT2D eigenvalue weighted by molar-refractivity contribution is -0.481. The Labute approximate surface area is 120 Å². The summed E-state index contributed by atoms with van der Waals surface area (Å²) in [5.41, 5.74) is 2.42. The Balaban J connectivity index is 2.05. The quantitative estimate of drug-likeness (QED) is 0.586. The third-order valence-electron chi connectivity index (χ3n) is 3.53. The molecule has 0 bridgehead atoms. The lowest BCUT2D eigenvalue weighted by Gasteiger charge is -2.11. The summed E-state index contributed by atoms with van der Waals surface area (Å²) < 4.78 is 13.0. The number of rotatable bonds is 4. The minimum atomic E-state index is -0.423. The molecule has 0 aliphatic carbocycles. The molecule has 1 atom stereocenters. The van der Waals surface area contributed by atoms with E-state index in [1.165, 1.54) is 12.1 Å². The highest BCUT2D eigenvalue weighted by molar-refractivity contribution is 5.80. The third-order valence-corrected chi connectivity index (χ3v) is 3.53. The van der Waals surface area contributed by atoms with Crippen LogP contribution in [0.5, 0.6) is 0 Å². The molecule has 0 spiro atoms. The number of nitrogens with one attached hydrogen (secondary N) is 1. The van der Waals surface area contributed by atoms with Crippen molar-refractivity contribution in [3.8, 4) is 0 Å². The molecule has 21 heavy (non-hydrogen) atoms. The minimum absolute atomic E-state index is 0.238. The second-order valence-corrected chi connectivity index (χ2v) is 4.93. The van der Waals surface area contributed by atoms with Crippen molar-refractivity contribution in [2.45, 2.75) is 5.92 Å². The van der Waals surface area contributed by atoms with Gasteiger partial charge in [-0.25, -0.2) is 4.39 Å². The van der Waals surface area contributed by atoms with Crippen molar-refractivity contribution in [2.24, 2.45) is 0 Å². The molecule has 5 heteroatoms. The Morgan fingerprint density at radius 1 is 1.14 bits per heavy atom. The van der Waals surface area contributed by atoms with E-state index < -0.39 is 5.92 Å². The maximum absolute atomic E-state index is 13.0. The second kappa shape index (κ2) is 5.36. The molecule has 3 aromatic rings. The zero-order chi connectivity index (χ0) is 14.8. The fourth-order valence-electron chi connectivity index (χ4n) is 2.51. The number of para-hydroxylation sites is 1. The fourth-order valence-corrected chi connectivity index (χ4v) is 2.51. The number of hydrogen-bond donors (Lipinski definition) is 1. The molecule has 0 saturated carbocycles. The maximum Gasteiger partial charge on any atom is 0.216 e. The van der Waals surface area contributed by atoms with E-state index in [0.717, 1.165) is 22.2 Å². The van der Waals surface area contributed by atoms with Crippen LogP contribution < -0.4 is 0 Å². The fraction of sp³-hybridized carbons (Fsp3) is 0.125. The number of benzene rings is 2. The summed E-state index contributed by atoms with van der Waals surface area (Å²) in [5, 5.41) is 12.0. The summed E-state index contributed by atoms with van der Waals surface area (Å²) in [6.07, 6.45) is 0. The molecule has 0 radical (unpaired) electrons. The highest BCUT2D eigenvalue weighted by Gasteiger charge is 2.22. The molecule has 0 unspecified atom stereocenters. The molecule has 2 aromatic carbocycles. The normalized spacial score (nSPS) is 12.4. The van der Waals surface area contributed by atoms with Crippen LogP contribution in [0.1, 0.15) is 17.2 Å². The van der Waals surface area contributed by atoms with Gasteiger partial charge in [-0.05, 0) is 35.2 Å². The van der Waals surface area contributed by atoms with Crippen molar-refractivity contribution in [3.05, 3.63) is 81.8 Å². The van der Waals surface area contributed by atoms with Crippen LogP contribution in [-0.4, -0.2) is 16.5 Å². The zero-order valence-electron chi connectivity index (χ0n) is 11.1. The predicted octanol–water partition coefficient (Wildman–Crippen LogP) is 3.72. The molecule has 1 aromatic heterocycles. The van der Waals surface area contributed by atoms with Crippen molar-refractivity contribution >= 4 is 10.9 Å². The summed E-state index contributed by atoms with van der Waals surface area (Å²) in [6.45, 7) is -0.238. The summed E-state index contributed by atoms with van der Waals surface area (Å²) >= 11 is 0. The van der Waals surface area contributed by atoms with Crippen molar-refractivity contribution in [3.63, 3.8) is 0 Å². The van der Waals surface area contributed by atoms with Crippen molar-refractivity contribution in [2.75, 3.05) is 6.54 Å². The first-order valence-electron chi connectivity index (χ1n) is 6.58. The molecule has 0 fully saturated rings. The molecule has 106 valence electrons. The van der Waals surface area contributed by atoms with Gasteiger partial charge in [0, 0.05) is 16.1 Å². The first-order valence-corrected chi connectivity index (χ1v) is 6.58.